The average molecular weight is 295 g/mol. The van der Waals surface area contributed by atoms with E-state index in [1.54, 1.807) is 0 Å². The summed E-state index contributed by atoms with van der Waals surface area (Å²) >= 11 is 0. The highest BCUT2D eigenvalue weighted by molar-refractivity contribution is 5.92. The SMILES string of the molecule is C[NH+](C)CC(C)(C)CNc1ccc([N+](=O)[O-])c(C(=O)[O-])c1. The van der Waals surface area contributed by atoms with Crippen LogP contribution in [0, 0.1) is 15.5 Å². The van der Waals surface area contributed by atoms with Crippen molar-refractivity contribution in [3.8, 4) is 0 Å². The lowest BCUT2D eigenvalue weighted by molar-refractivity contribution is -0.865. The molecule has 0 aliphatic rings. The van der Waals surface area contributed by atoms with Crippen molar-refractivity contribution in [1.29, 1.82) is 0 Å². The monoisotopic (exact) mass is 295 g/mol. The zero-order valence-electron chi connectivity index (χ0n) is 12.7. The summed E-state index contributed by atoms with van der Waals surface area (Å²) in [7, 11) is 4.11. The van der Waals surface area contributed by atoms with E-state index < -0.39 is 22.1 Å². The van der Waals surface area contributed by atoms with Crippen LogP contribution in [0.1, 0.15) is 24.2 Å². The summed E-state index contributed by atoms with van der Waals surface area (Å²) in [4.78, 5) is 22.3. The second-order valence-corrected chi connectivity index (χ2v) is 6.18. The maximum Gasteiger partial charge on any atom is 0.278 e. The van der Waals surface area contributed by atoms with Gasteiger partial charge in [0.15, 0.2) is 0 Å². The molecule has 0 aromatic heterocycles. The van der Waals surface area contributed by atoms with Crippen LogP contribution >= 0.6 is 0 Å². The largest absolute Gasteiger partial charge is 0.545 e. The molecule has 0 bridgehead atoms. The minimum absolute atomic E-state index is 0.00223. The Labute approximate surface area is 123 Å². The van der Waals surface area contributed by atoms with Crippen LogP contribution in [-0.4, -0.2) is 38.1 Å². The molecular formula is C14H21N3O4. The third-order valence-electron chi connectivity index (χ3n) is 3.02. The van der Waals surface area contributed by atoms with Crippen LogP contribution in [-0.2, 0) is 0 Å². The number of rotatable bonds is 7. The van der Waals surface area contributed by atoms with Gasteiger partial charge < -0.3 is 20.1 Å². The van der Waals surface area contributed by atoms with Gasteiger partial charge in [0.25, 0.3) is 5.69 Å². The molecule has 0 spiro atoms. The molecule has 0 heterocycles. The minimum atomic E-state index is -1.55. The third-order valence-corrected chi connectivity index (χ3v) is 3.02. The highest BCUT2D eigenvalue weighted by Crippen LogP contribution is 2.23. The van der Waals surface area contributed by atoms with Gasteiger partial charge >= 0.3 is 0 Å². The molecule has 1 aromatic carbocycles. The second-order valence-electron chi connectivity index (χ2n) is 6.18. The molecule has 2 N–H and O–H groups in total. The van der Waals surface area contributed by atoms with E-state index in [-0.39, 0.29) is 5.41 Å². The van der Waals surface area contributed by atoms with Gasteiger partial charge in [-0.15, -0.1) is 0 Å². The van der Waals surface area contributed by atoms with E-state index in [0.29, 0.717) is 12.2 Å². The summed E-state index contributed by atoms with van der Waals surface area (Å²) in [5.74, 6) is -1.55. The summed E-state index contributed by atoms with van der Waals surface area (Å²) in [6.45, 7) is 5.75. The molecule has 0 saturated carbocycles. The van der Waals surface area contributed by atoms with Crippen LogP contribution in [0.4, 0.5) is 11.4 Å². The summed E-state index contributed by atoms with van der Waals surface area (Å²) in [6, 6.07) is 3.92. The number of nitrogens with one attached hydrogen (secondary N) is 2. The first-order valence-corrected chi connectivity index (χ1v) is 6.65. The molecule has 1 rings (SSSR count). The van der Waals surface area contributed by atoms with Gasteiger partial charge in [-0.3, -0.25) is 10.1 Å². The van der Waals surface area contributed by atoms with Crippen LogP contribution in [0.25, 0.3) is 0 Å². The zero-order chi connectivity index (χ0) is 16.2. The normalized spacial score (nSPS) is 11.5. The van der Waals surface area contributed by atoms with E-state index >= 15 is 0 Å². The van der Waals surface area contributed by atoms with Gasteiger partial charge in [-0.25, -0.2) is 0 Å². The molecule has 21 heavy (non-hydrogen) atoms. The van der Waals surface area contributed by atoms with E-state index in [2.05, 4.69) is 33.3 Å². The molecule has 0 amide bonds. The second kappa shape index (κ2) is 6.53. The molecule has 0 radical (unpaired) electrons. The average Bonchev–Trinajstić information content (AvgIpc) is 2.34. The third kappa shape index (κ3) is 5.03. The molecule has 0 aliphatic heterocycles. The highest BCUT2D eigenvalue weighted by Gasteiger charge is 2.22. The Bertz CT molecular complexity index is 541. The van der Waals surface area contributed by atoms with Crippen molar-refractivity contribution >= 4 is 17.3 Å². The van der Waals surface area contributed by atoms with Gasteiger partial charge in [0.2, 0.25) is 0 Å². The first-order valence-electron chi connectivity index (χ1n) is 6.65. The van der Waals surface area contributed by atoms with Crippen LogP contribution in [0.15, 0.2) is 18.2 Å². The molecule has 0 aliphatic carbocycles. The fraction of sp³-hybridized carbons (Fsp3) is 0.500. The van der Waals surface area contributed by atoms with Gasteiger partial charge in [0, 0.05) is 23.7 Å². The van der Waals surface area contributed by atoms with E-state index in [0.717, 1.165) is 6.54 Å². The molecule has 0 atom stereocenters. The molecule has 0 saturated heterocycles. The predicted octanol–water partition coefficient (Wildman–Crippen LogP) is -0.459. The molecule has 116 valence electrons. The maximum absolute atomic E-state index is 11.0. The quantitative estimate of drug-likeness (QED) is 0.524. The van der Waals surface area contributed by atoms with Crippen LogP contribution in [0.5, 0.6) is 0 Å². The van der Waals surface area contributed by atoms with Gasteiger partial charge in [0.1, 0.15) is 0 Å². The van der Waals surface area contributed by atoms with Crippen LogP contribution in [0.2, 0.25) is 0 Å². The Hall–Kier alpha value is -2.15. The number of nitro benzene ring substituents is 1. The lowest BCUT2D eigenvalue weighted by Gasteiger charge is -2.26. The van der Waals surface area contributed by atoms with E-state index in [4.69, 9.17) is 0 Å². The number of hydrogen-bond acceptors (Lipinski definition) is 5. The summed E-state index contributed by atoms with van der Waals surface area (Å²) in [5.41, 5.74) is -0.345. The van der Waals surface area contributed by atoms with Crippen molar-refractivity contribution in [3.63, 3.8) is 0 Å². The van der Waals surface area contributed by atoms with Crippen molar-refractivity contribution in [2.75, 3.05) is 32.5 Å². The molecular weight excluding hydrogens is 274 g/mol. The smallest absolute Gasteiger partial charge is 0.278 e. The number of carbonyl (C=O) groups excluding carboxylic acids is 1. The van der Waals surface area contributed by atoms with Crippen LogP contribution < -0.4 is 15.3 Å². The number of nitro groups is 1. The number of quaternary nitrogens is 1. The van der Waals surface area contributed by atoms with Gasteiger partial charge in [-0.1, -0.05) is 13.8 Å². The summed E-state index contributed by atoms with van der Waals surface area (Å²) < 4.78 is 0. The van der Waals surface area contributed by atoms with E-state index in [9.17, 15) is 20.0 Å². The van der Waals surface area contributed by atoms with Crippen molar-refractivity contribution in [2.24, 2.45) is 5.41 Å². The topological polar surface area (TPSA) is 99.7 Å². The highest BCUT2D eigenvalue weighted by atomic mass is 16.6. The Balaban J connectivity index is 2.88. The predicted molar refractivity (Wildman–Crippen MR) is 77.4 cm³/mol. The Kier molecular flexibility index (Phi) is 5.26. The Morgan fingerprint density at radius 2 is 2.00 bits per heavy atom. The molecule has 0 fully saturated rings. The number of benzene rings is 1. The van der Waals surface area contributed by atoms with Crippen molar-refractivity contribution in [1.82, 2.24) is 0 Å². The molecule has 7 nitrogen and oxygen atoms in total. The number of carboxylic acids is 1. The maximum atomic E-state index is 11.0. The lowest BCUT2D eigenvalue weighted by Crippen LogP contribution is -3.07. The van der Waals surface area contributed by atoms with E-state index in [1.165, 1.54) is 23.1 Å². The van der Waals surface area contributed by atoms with Crippen LogP contribution in [0.3, 0.4) is 0 Å². The van der Waals surface area contributed by atoms with Gasteiger partial charge in [-0.2, -0.15) is 0 Å². The number of anilines is 1. The Morgan fingerprint density at radius 1 is 1.38 bits per heavy atom. The number of aromatic carboxylic acids is 1. The van der Waals surface area contributed by atoms with Gasteiger partial charge in [-0.05, 0) is 12.1 Å². The summed E-state index contributed by atoms with van der Waals surface area (Å²) in [5, 5.41) is 24.9. The van der Waals surface area contributed by atoms with Crippen molar-refractivity contribution in [3.05, 3.63) is 33.9 Å². The molecule has 0 unspecified atom stereocenters. The fourth-order valence-electron chi connectivity index (χ4n) is 2.33. The number of carbonyl (C=O) groups is 1. The standard InChI is InChI=1S/C14H21N3O4/c1-14(2,9-16(3)4)8-15-10-5-6-12(17(20)21)11(7-10)13(18)19/h5-7,15H,8-9H2,1-4H3,(H,18,19). The Morgan fingerprint density at radius 3 is 2.48 bits per heavy atom. The molecule has 7 heteroatoms. The number of nitrogens with zero attached hydrogens (tertiary/aromatic N) is 1. The minimum Gasteiger partial charge on any atom is -0.545 e. The van der Waals surface area contributed by atoms with Crippen molar-refractivity contribution < 1.29 is 19.7 Å². The molecule has 1 aromatic rings. The number of carboxylic acid groups (broad SMARTS) is 1. The first-order chi connectivity index (χ1) is 9.62. The fourth-order valence-corrected chi connectivity index (χ4v) is 2.33. The lowest BCUT2D eigenvalue weighted by atomic mass is 9.93. The van der Waals surface area contributed by atoms with Gasteiger partial charge in [0.05, 0.1) is 37.1 Å². The zero-order valence-corrected chi connectivity index (χ0v) is 12.7. The first kappa shape index (κ1) is 16.9. The van der Waals surface area contributed by atoms with Crippen molar-refractivity contribution in [2.45, 2.75) is 13.8 Å². The summed E-state index contributed by atoms with van der Waals surface area (Å²) in [6.07, 6.45) is 0. The number of hydrogen-bond donors (Lipinski definition) is 2. The van der Waals surface area contributed by atoms with E-state index in [1.807, 2.05) is 0 Å².